The average Bonchev–Trinajstić information content (AvgIpc) is 3.34. The molecule has 17 nitrogen and oxygen atoms in total. The van der Waals surface area contributed by atoms with Gasteiger partial charge >= 0.3 is 27.6 Å². The van der Waals surface area contributed by atoms with E-state index in [-0.39, 0.29) is 25.7 Å². The Morgan fingerprint density at radius 1 is 0.528 bits per heavy atom. The fourth-order valence-electron chi connectivity index (χ4n) is 6.47. The molecule has 1 rings (SSSR count). The van der Waals surface area contributed by atoms with Gasteiger partial charge in [0.2, 0.25) is 0 Å². The Kier molecular flexibility index (Phi) is 38.1. The van der Waals surface area contributed by atoms with Gasteiger partial charge in [0.05, 0.1) is 12.7 Å². The van der Waals surface area contributed by atoms with Crippen LogP contribution in [0.5, 0.6) is 0 Å². The molecule has 0 spiro atoms. The topological polar surface area (TPSA) is 276 Å². The second-order valence-corrected chi connectivity index (χ2v) is 19.2. The summed E-state index contributed by atoms with van der Waals surface area (Å²) in [5, 5.41) is 51.6. The van der Waals surface area contributed by atoms with Gasteiger partial charge in [-0.25, -0.2) is 9.13 Å². The fraction of sp³-hybridized carbons (Fsp3) is 0.547. The molecule has 8 N–H and O–H groups in total. The number of unbranched alkanes of at least 4 members (excludes halogenated alkanes) is 3. The summed E-state index contributed by atoms with van der Waals surface area (Å²) in [5.41, 5.74) is 0. The lowest BCUT2D eigenvalue weighted by Gasteiger charge is -2.43. The molecule has 406 valence electrons. The van der Waals surface area contributed by atoms with Crippen molar-refractivity contribution in [2.75, 3.05) is 13.2 Å². The lowest BCUT2D eigenvalue weighted by Crippen LogP contribution is -2.64. The molecule has 1 aliphatic carbocycles. The Hall–Kier alpha value is -3.90. The molecule has 0 amide bonds. The average molecular weight is 1050 g/mol. The molecule has 1 fully saturated rings. The van der Waals surface area contributed by atoms with Crippen LogP contribution in [0.3, 0.4) is 0 Å². The molecule has 0 aromatic rings. The van der Waals surface area contributed by atoms with Crippen LogP contribution in [0.15, 0.2) is 134 Å². The lowest BCUT2D eigenvalue weighted by molar-refractivity contribution is -0.216. The molecule has 9 atom stereocenters. The van der Waals surface area contributed by atoms with Crippen molar-refractivity contribution in [2.45, 2.75) is 172 Å². The first-order valence-electron chi connectivity index (χ1n) is 24.8. The zero-order chi connectivity index (χ0) is 53.3. The number of ether oxygens (including phenoxy) is 2. The number of phosphoric acid groups is 2. The van der Waals surface area contributed by atoms with E-state index in [2.05, 4.69) is 97.4 Å². The second kappa shape index (κ2) is 41.5. The van der Waals surface area contributed by atoms with Crippen LogP contribution in [-0.2, 0) is 41.8 Å². The Labute approximate surface area is 426 Å². The normalized spacial score (nSPS) is 22.3. The first-order valence-corrected chi connectivity index (χ1v) is 27.9. The first-order chi connectivity index (χ1) is 34.5. The number of hydrogen-bond acceptors (Lipinski definition) is 14. The number of allylic oxidation sites excluding steroid dienone is 21. The van der Waals surface area contributed by atoms with Gasteiger partial charge in [-0.2, -0.15) is 0 Å². The number of carbonyl (C=O) groups is 2. The summed E-state index contributed by atoms with van der Waals surface area (Å²) in [4.78, 5) is 54.4. The van der Waals surface area contributed by atoms with Gasteiger partial charge in [0, 0.05) is 12.8 Å². The molecule has 0 aromatic heterocycles. The van der Waals surface area contributed by atoms with Crippen molar-refractivity contribution >= 4 is 27.6 Å². The van der Waals surface area contributed by atoms with Crippen molar-refractivity contribution in [2.24, 2.45) is 0 Å². The summed E-state index contributed by atoms with van der Waals surface area (Å²) in [7, 11) is -10.8. The molecular weight excluding hydrogens is 971 g/mol. The zero-order valence-electron chi connectivity index (χ0n) is 41.9. The molecular formula is C53H82O17P2. The van der Waals surface area contributed by atoms with Crippen LogP contribution in [0.4, 0.5) is 0 Å². The van der Waals surface area contributed by atoms with Crippen LogP contribution < -0.4 is 0 Å². The molecule has 0 saturated heterocycles. The molecule has 0 aromatic carbocycles. The minimum atomic E-state index is -5.40. The summed E-state index contributed by atoms with van der Waals surface area (Å²) >= 11 is 0. The zero-order valence-corrected chi connectivity index (χ0v) is 43.7. The number of rotatable bonds is 39. The SMILES string of the molecule is CC/C=C\C/C=C\C/C=C\C/C=C\C/C=C\C=C/C(O)CCC(=O)OC[C@H](COP(=O)(O)O[C@H]1C(O)C(O)C(O)[C@@H](OP(=O)(O)O)C1O)OC(=O)CC/C=C\C/C=C\C/C=C\C/C=C\C/C=C\CCCCC. The largest absolute Gasteiger partial charge is 0.472 e. The number of aliphatic hydroxyl groups excluding tert-OH is 5. The number of phosphoric ester groups is 2. The van der Waals surface area contributed by atoms with Gasteiger partial charge < -0.3 is 49.7 Å². The van der Waals surface area contributed by atoms with Crippen molar-refractivity contribution in [1.82, 2.24) is 0 Å². The van der Waals surface area contributed by atoms with Crippen LogP contribution in [0, 0.1) is 0 Å². The van der Waals surface area contributed by atoms with Crippen LogP contribution in [0.1, 0.15) is 123 Å². The highest BCUT2D eigenvalue weighted by molar-refractivity contribution is 7.47. The van der Waals surface area contributed by atoms with Crippen LogP contribution >= 0.6 is 15.6 Å². The van der Waals surface area contributed by atoms with Crippen molar-refractivity contribution in [3.8, 4) is 0 Å². The van der Waals surface area contributed by atoms with Crippen molar-refractivity contribution in [3.05, 3.63) is 134 Å². The van der Waals surface area contributed by atoms with Crippen molar-refractivity contribution < 1.29 is 82.0 Å². The van der Waals surface area contributed by atoms with Gasteiger partial charge in [0.1, 0.15) is 43.2 Å². The van der Waals surface area contributed by atoms with E-state index in [1.54, 1.807) is 18.2 Å². The Balaban J connectivity index is 2.73. The predicted molar refractivity (Wildman–Crippen MR) is 279 cm³/mol. The van der Waals surface area contributed by atoms with E-state index in [9.17, 15) is 58.9 Å². The smallest absolute Gasteiger partial charge is 0.462 e. The molecule has 0 heterocycles. The standard InChI is InChI=1S/C53H82O17P2/c1-3-5-7-9-11-13-15-17-19-21-22-23-25-27-29-31-33-35-37-39-47(56)68-45(43-67-72(64,65)70-53-50(59)48(57)49(58)52(51(53)60)69-71(61,62)63)42-66-46(55)41-40-44(54)38-36-34-32-30-28-26-24-20-18-16-14-12-10-8-6-4-2/h6,8,11-14,17-20,22-23,26-29,32-36,38,44-45,48-54,57-60H,3-5,7,9-10,15-16,21,24-25,30-31,37,39-43H2,1-2H3,(H,64,65)(H2,61,62,63)/b8-6-,13-11-,14-12-,19-17-,20-18-,23-22-,28-26-,29-27-,34-32-,35-33-,38-36-/t44?,45-,48?,49?,50?,51?,52-,53+/m1/s1. The Bertz CT molecular complexity index is 1910. The van der Waals surface area contributed by atoms with Gasteiger partial charge in [0.15, 0.2) is 6.10 Å². The van der Waals surface area contributed by atoms with Gasteiger partial charge in [-0.1, -0.05) is 160 Å². The molecule has 1 saturated carbocycles. The molecule has 1 aliphatic rings. The third-order valence-corrected chi connectivity index (χ3v) is 11.8. The molecule has 19 heteroatoms. The van der Waals surface area contributed by atoms with Crippen LogP contribution in [0.25, 0.3) is 0 Å². The maximum Gasteiger partial charge on any atom is 0.472 e. The molecule has 6 unspecified atom stereocenters. The first kappa shape index (κ1) is 66.1. The summed E-state index contributed by atoms with van der Waals surface area (Å²) in [6.45, 7) is 2.69. The third kappa shape index (κ3) is 35.3. The summed E-state index contributed by atoms with van der Waals surface area (Å²) < 4.78 is 49.1. The van der Waals surface area contributed by atoms with Crippen LogP contribution in [-0.4, -0.2) is 114 Å². The van der Waals surface area contributed by atoms with Crippen molar-refractivity contribution in [1.29, 1.82) is 0 Å². The van der Waals surface area contributed by atoms with E-state index in [1.807, 2.05) is 30.4 Å². The fourth-order valence-corrected chi connectivity index (χ4v) is 8.01. The van der Waals surface area contributed by atoms with E-state index in [1.165, 1.54) is 25.3 Å². The number of aliphatic hydroxyl groups is 5. The maximum atomic E-state index is 13.0. The molecule has 72 heavy (non-hydrogen) atoms. The van der Waals surface area contributed by atoms with Crippen molar-refractivity contribution in [3.63, 3.8) is 0 Å². The second-order valence-electron chi connectivity index (χ2n) is 16.6. The van der Waals surface area contributed by atoms with E-state index in [4.69, 9.17) is 18.5 Å². The monoisotopic (exact) mass is 1050 g/mol. The predicted octanol–water partition coefficient (Wildman–Crippen LogP) is 9.03. The van der Waals surface area contributed by atoms with Gasteiger partial charge in [-0.15, -0.1) is 0 Å². The third-order valence-electron chi connectivity index (χ3n) is 10.3. The van der Waals surface area contributed by atoms with Gasteiger partial charge in [-0.05, 0) is 83.5 Å². The Morgan fingerprint density at radius 2 is 1.00 bits per heavy atom. The summed E-state index contributed by atoms with van der Waals surface area (Å²) in [5.74, 6) is -1.60. The Morgan fingerprint density at radius 3 is 1.50 bits per heavy atom. The summed E-state index contributed by atoms with van der Waals surface area (Å²) in [6, 6.07) is 0. The highest BCUT2D eigenvalue weighted by Gasteiger charge is 2.54. The quantitative estimate of drug-likeness (QED) is 0.00937. The molecule has 0 bridgehead atoms. The van der Waals surface area contributed by atoms with E-state index < -0.39 is 89.6 Å². The van der Waals surface area contributed by atoms with Gasteiger partial charge in [-0.3, -0.25) is 23.2 Å². The number of carbonyl (C=O) groups excluding carboxylic acids is 2. The number of esters is 2. The number of hydrogen-bond donors (Lipinski definition) is 8. The molecule has 0 radical (unpaired) electrons. The highest BCUT2D eigenvalue weighted by Crippen LogP contribution is 2.49. The van der Waals surface area contributed by atoms with E-state index in [0.29, 0.717) is 12.8 Å². The van der Waals surface area contributed by atoms with Gasteiger partial charge in [0.25, 0.3) is 0 Å². The van der Waals surface area contributed by atoms with Crippen LogP contribution in [0.2, 0.25) is 0 Å². The maximum absolute atomic E-state index is 13.0. The lowest BCUT2D eigenvalue weighted by atomic mass is 9.85. The molecule has 0 aliphatic heterocycles. The summed E-state index contributed by atoms with van der Waals surface area (Å²) in [6.07, 6.45) is 40.2. The minimum Gasteiger partial charge on any atom is -0.462 e. The minimum absolute atomic E-state index is 0.0205. The van der Waals surface area contributed by atoms with E-state index in [0.717, 1.165) is 51.4 Å². The van der Waals surface area contributed by atoms with E-state index >= 15 is 0 Å². The highest BCUT2D eigenvalue weighted by atomic mass is 31.2.